The number of para-hydroxylation sites is 1. The maximum atomic E-state index is 12.1. The molecule has 0 radical (unpaired) electrons. The summed E-state index contributed by atoms with van der Waals surface area (Å²) in [5, 5.41) is 0. The summed E-state index contributed by atoms with van der Waals surface area (Å²) in [6.45, 7) is 6.46. The molecule has 0 amide bonds. The van der Waals surface area contributed by atoms with Crippen molar-refractivity contribution in [3.8, 4) is 5.75 Å². The number of carbonyl (C=O) groups excluding carboxylic acids is 1. The Morgan fingerprint density at radius 3 is 2.57 bits per heavy atom. The molecule has 114 valence electrons. The molecule has 0 atom stereocenters. The highest BCUT2D eigenvalue weighted by Gasteiger charge is 2.19. The first-order chi connectivity index (χ1) is 10.0. The molecule has 0 unspecified atom stereocenters. The van der Waals surface area contributed by atoms with Gasteiger partial charge in [-0.05, 0) is 55.2 Å². The molecular formula is C19H26O2. The van der Waals surface area contributed by atoms with Gasteiger partial charge in [-0.25, -0.2) is 0 Å². The van der Waals surface area contributed by atoms with Gasteiger partial charge in [-0.1, -0.05) is 37.6 Å². The van der Waals surface area contributed by atoms with Crippen molar-refractivity contribution >= 4 is 5.78 Å². The monoisotopic (exact) mass is 286 g/mol. The van der Waals surface area contributed by atoms with Crippen LogP contribution < -0.4 is 4.74 Å². The van der Waals surface area contributed by atoms with Gasteiger partial charge >= 0.3 is 0 Å². The first kappa shape index (κ1) is 15.8. The summed E-state index contributed by atoms with van der Waals surface area (Å²) in [4.78, 5) is 12.1. The van der Waals surface area contributed by atoms with Crippen LogP contribution in [-0.2, 0) is 11.2 Å². The minimum atomic E-state index is 0.345. The van der Waals surface area contributed by atoms with Crippen molar-refractivity contribution in [3.05, 3.63) is 40.5 Å². The predicted molar refractivity (Wildman–Crippen MR) is 87.0 cm³/mol. The third kappa shape index (κ3) is 3.55. The Morgan fingerprint density at radius 1 is 1.19 bits per heavy atom. The first-order valence-corrected chi connectivity index (χ1v) is 7.92. The lowest BCUT2D eigenvalue weighted by Gasteiger charge is -2.19. The predicted octanol–water partition coefficient (Wildman–Crippen LogP) is 4.82. The molecular weight excluding hydrogens is 260 g/mol. The molecule has 1 aliphatic carbocycles. The minimum absolute atomic E-state index is 0.345. The highest BCUT2D eigenvalue weighted by atomic mass is 16.5. The second-order valence-corrected chi connectivity index (χ2v) is 6.23. The van der Waals surface area contributed by atoms with Gasteiger partial charge in [-0.15, -0.1) is 0 Å². The second-order valence-electron chi connectivity index (χ2n) is 6.23. The van der Waals surface area contributed by atoms with Gasteiger partial charge < -0.3 is 4.74 Å². The van der Waals surface area contributed by atoms with Crippen LogP contribution in [0.1, 0.15) is 63.5 Å². The van der Waals surface area contributed by atoms with Gasteiger partial charge in [0.1, 0.15) is 5.75 Å². The maximum absolute atomic E-state index is 12.1. The largest absolute Gasteiger partial charge is 0.496 e. The second kappa shape index (κ2) is 6.93. The van der Waals surface area contributed by atoms with Crippen LogP contribution in [0.3, 0.4) is 0 Å². The van der Waals surface area contributed by atoms with E-state index in [4.69, 9.17) is 4.74 Å². The molecule has 0 aliphatic heterocycles. The van der Waals surface area contributed by atoms with Crippen LogP contribution in [-0.4, -0.2) is 12.9 Å². The van der Waals surface area contributed by atoms with Crippen molar-refractivity contribution in [2.45, 2.75) is 58.8 Å². The fourth-order valence-electron chi connectivity index (χ4n) is 3.17. The van der Waals surface area contributed by atoms with Gasteiger partial charge in [0.25, 0.3) is 0 Å². The SMILES string of the molecule is COc1c(CCC2=C(C)CCCC2=O)cccc1C(C)C. The van der Waals surface area contributed by atoms with Crippen LogP contribution in [0.2, 0.25) is 0 Å². The number of Topliss-reactive ketones (excluding diaryl/α,β-unsaturated/α-hetero) is 1. The van der Waals surface area contributed by atoms with Crippen LogP contribution in [0, 0.1) is 0 Å². The summed E-state index contributed by atoms with van der Waals surface area (Å²) in [7, 11) is 1.74. The number of hydrogen-bond donors (Lipinski definition) is 0. The summed E-state index contributed by atoms with van der Waals surface area (Å²) in [6.07, 6.45) is 4.52. The number of allylic oxidation sites excluding steroid dienone is 2. The van der Waals surface area contributed by atoms with Crippen LogP contribution >= 0.6 is 0 Å². The van der Waals surface area contributed by atoms with E-state index in [1.807, 2.05) is 0 Å². The topological polar surface area (TPSA) is 26.3 Å². The number of rotatable bonds is 5. The van der Waals surface area contributed by atoms with Crippen LogP contribution in [0.15, 0.2) is 29.3 Å². The molecule has 0 saturated carbocycles. The summed E-state index contributed by atoms with van der Waals surface area (Å²) in [5.41, 5.74) is 4.79. The van der Waals surface area contributed by atoms with E-state index >= 15 is 0 Å². The zero-order chi connectivity index (χ0) is 15.4. The van der Waals surface area contributed by atoms with E-state index < -0.39 is 0 Å². The standard InChI is InChI=1S/C19H26O2/c1-13(2)16-9-6-8-15(19(16)21-4)11-12-17-14(3)7-5-10-18(17)20/h6,8-9,13H,5,7,10-12H2,1-4H3. The summed E-state index contributed by atoms with van der Waals surface area (Å²) in [5.74, 6) is 1.78. The van der Waals surface area contributed by atoms with E-state index in [9.17, 15) is 4.79 Å². The quantitative estimate of drug-likeness (QED) is 0.775. The van der Waals surface area contributed by atoms with Gasteiger partial charge in [0, 0.05) is 6.42 Å². The third-order valence-electron chi connectivity index (χ3n) is 4.40. The Balaban J connectivity index is 2.20. The van der Waals surface area contributed by atoms with E-state index in [0.717, 1.165) is 43.4 Å². The molecule has 0 aromatic heterocycles. The zero-order valence-electron chi connectivity index (χ0n) is 13.7. The molecule has 0 spiro atoms. The van der Waals surface area contributed by atoms with Crippen molar-refractivity contribution in [1.29, 1.82) is 0 Å². The van der Waals surface area contributed by atoms with E-state index in [-0.39, 0.29) is 0 Å². The lowest BCUT2D eigenvalue weighted by atomic mass is 9.87. The number of ether oxygens (including phenoxy) is 1. The maximum Gasteiger partial charge on any atom is 0.158 e. The van der Waals surface area contributed by atoms with Gasteiger partial charge in [0.05, 0.1) is 7.11 Å². The smallest absolute Gasteiger partial charge is 0.158 e. The van der Waals surface area contributed by atoms with E-state index in [1.54, 1.807) is 7.11 Å². The van der Waals surface area contributed by atoms with Crippen molar-refractivity contribution in [3.63, 3.8) is 0 Å². The molecule has 0 N–H and O–H groups in total. The fourth-order valence-corrected chi connectivity index (χ4v) is 3.17. The Hall–Kier alpha value is -1.57. The molecule has 0 bridgehead atoms. The van der Waals surface area contributed by atoms with Crippen molar-refractivity contribution in [2.24, 2.45) is 0 Å². The lowest BCUT2D eigenvalue weighted by molar-refractivity contribution is -0.116. The summed E-state index contributed by atoms with van der Waals surface area (Å²) >= 11 is 0. The highest BCUT2D eigenvalue weighted by Crippen LogP contribution is 2.32. The molecule has 0 saturated heterocycles. The molecule has 21 heavy (non-hydrogen) atoms. The Morgan fingerprint density at radius 2 is 1.95 bits per heavy atom. The van der Waals surface area contributed by atoms with Crippen LogP contribution in [0.5, 0.6) is 5.75 Å². The molecule has 0 heterocycles. The zero-order valence-corrected chi connectivity index (χ0v) is 13.7. The van der Waals surface area contributed by atoms with Gasteiger partial charge in [0.15, 0.2) is 5.78 Å². The van der Waals surface area contributed by atoms with Gasteiger partial charge in [0.2, 0.25) is 0 Å². The van der Waals surface area contributed by atoms with Gasteiger partial charge in [-0.2, -0.15) is 0 Å². The number of methoxy groups -OCH3 is 1. The third-order valence-corrected chi connectivity index (χ3v) is 4.40. The lowest BCUT2D eigenvalue weighted by Crippen LogP contribution is -2.11. The average molecular weight is 286 g/mol. The summed E-state index contributed by atoms with van der Waals surface area (Å²) in [6, 6.07) is 6.34. The number of benzene rings is 1. The Kier molecular flexibility index (Phi) is 5.22. The highest BCUT2D eigenvalue weighted by molar-refractivity contribution is 5.96. The van der Waals surface area contributed by atoms with Crippen molar-refractivity contribution in [2.75, 3.05) is 7.11 Å². The van der Waals surface area contributed by atoms with Crippen molar-refractivity contribution in [1.82, 2.24) is 0 Å². The molecule has 1 aliphatic rings. The minimum Gasteiger partial charge on any atom is -0.496 e. The van der Waals surface area contributed by atoms with E-state index in [2.05, 4.69) is 39.0 Å². The molecule has 1 aromatic rings. The number of ketones is 1. The number of carbonyl (C=O) groups is 1. The fraction of sp³-hybridized carbons (Fsp3) is 0.526. The van der Waals surface area contributed by atoms with E-state index in [0.29, 0.717) is 11.7 Å². The number of aryl methyl sites for hydroxylation is 1. The average Bonchev–Trinajstić information content (AvgIpc) is 2.46. The molecule has 2 heteroatoms. The normalized spacial score (nSPS) is 15.8. The van der Waals surface area contributed by atoms with Crippen LogP contribution in [0.4, 0.5) is 0 Å². The molecule has 2 rings (SSSR count). The number of hydrogen-bond acceptors (Lipinski definition) is 2. The Labute approximate surface area is 128 Å². The van der Waals surface area contributed by atoms with Crippen molar-refractivity contribution < 1.29 is 9.53 Å². The van der Waals surface area contributed by atoms with Crippen LogP contribution in [0.25, 0.3) is 0 Å². The van der Waals surface area contributed by atoms with Gasteiger partial charge in [-0.3, -0.25) is 4.79 Å². The molecule has 0 fully saturated rings. The Bertz CT molecular complexity index is 553. The summed E-state index contributed by atoms with van der Waals surface area (Å²) < 4.78 is 5.63. The molecule has 1 aromatic carbocycles. The van der Waals surface area contributed by atoms with E-state index in [1.165, 1.54) is 16.7 Å². The first-order valence-electron chi connectivity index (χ1n) is 7.92. The molecule has 2 nitrogen and oxygen atoms in total.